The van der Waals surface area contributed by atoms with E-state index in [0.717, 1.165) is 18.8 Å². The molecule has 0 amide bonds. The number of methoxy groups -OCH3 is 1. The lowest BCUT2D eigenvalue weighted by atomic mass is 9.82. The number of benzene rings is 1. The molecule has 0 saturated carbocycles. The van der Waals surface area contributed by atoms with Gasteiger partial charge in [0.1, 0.15) is 5.75 Å². The number of ether oxygens (including phenoxy) is 1. The summed E-state index contributed by atoms with van der Waals surface area (Å²) in [5.74, 6) is 1.63. The summed E-state index contributed by atoms with van der Waals surface area (Å²) in [6.07, 6.45) is 2.52. The van der Waals surface area contributed by atoms with Crippen molar-refractivity contribution in [3.63, 3.8) is 0 Å². The fraction of sp³-hybridized carbons (Fsp3) is 0.625. The molecule has 0 spiro atoms. The average molecular weight is 247 g/mol. The number of hydrogen-bond acceptors (Lipinski definition) is 2. The quantitative estimate of drug-likeness (QED) is 0.864. The van der Waals surface area contributed by atoms with Gasteiger partial charge in [0.05, 0.1) is 7.11 Å². The third-order valence-corrected chi connectivity index (χ3v) is 3.83. The van der Waals surface area contributed by atoms with Crippen molar-refractivity contribution < 1.29 is 4.74 Å². The predicted molar refractivity (Wildman–Crippen MR) is 76.5 cm³/mol. The van der Waals surface area contributed by atoms with Gasteiger partial charge in [0.15, 0.2) is 0 Å². The maximum absolute atomic E-state index is 5.54. The number of rotatable bonds is 2. The molecule has 0 radical (unpaired) electrons. The second kappa shape index (κ2) is 5.31. The van der Waals surface area contributed by atoms with Gasteiger partial charge in [0, 0.05) is 12.5 Å². The van der Waals surface area contributed by atoms with Crippen LogP contribution in [0.15, 0.2) is 18.2 Å². The Labute approximate surface area is 111 Å². The fourth-order valence-corrected chi connectivity index (χ4v) is 2.64. The van der Waals surface area contributed by atoms with Gasteiger partial charge >= 0.3 is 0 Å². The Kier molecular flexibility index (Phi) is 3.96. The zero-order valence-electron chi connectivity index (χ0n) is 12.0. The highest BCUT2D eigenvalue weighted by Crippen LogP contribution is 2.34. The van der Waals surface area contributed by atoms with Crippen molar-refractivity contribution in [2.75, 3.05) is 20.2 Å². The first-order valence-electron chi connectivity index (χ1n) is 6.91. The normalized spacial score (nSPS) is 20.8. The monoisotopic (exact) mass is 247 g/mol. The van der Waals surface area contributed by atoms with Crippen LogP contribution in [0.5, 0.6) is 5.75 Å². The second-order valence-electron chi connectivity index (χ2n) is 6.25. The molecule has 1 atom stereocenters. The van der Waals surface area contributed by atoms with Crippen molar-refractivity contribution in [1.82, 2.24) is 5.32 Å². The van der Waals surface area contributed by atoms with E-state index < -0.39 is 0 Å². The largest absolute Gasteiger partial charge is 0.496 e. The first kappa shape index (κ1) is 13.4. The number of piperidine rings is 1. The number of nitrogens with one attached hydrogen (secondary N) is 1. The van der Waals surface area contributed by atoms with Crippen LogP contribution in [0.25, 0.3) is 0 Å². The SMILES string of the molecule is COc1ccc(C(C)(C)C)cc1C1CCCNC1. The van der Waals surface area contributed by atoms with Gasteiger partial charge in [-0.3, -0.25) is 0 Å². The molecule has 0 aromatic heterocycles. The molecule has 0 bridgehead atoms. The van der Waals surface area contributed by atoms with E-state index in [2.05, 4.69) is 44.3 Å². The Morgan fingerprint density at radius 1 is 1.28 bits per heavy atom. The molecule has 2 heteroatoms. The van der Waals surface area contributed by atoms with Gasteiger partial charge in [-0.1, -0.05) is 32.9 Å². The maximum atomic E-state index is 5.54. The Morgan fingerprint density at radius 2 is 2.06 bits per heavy atom. The molecule has 1 aromatic carbocycles. The van der Waals surface area contributed by atoms with Gasteiger partial charge in [-0.15, -0.1) is 0 Å². The summed E-state index contributed by atoms with van der Waals surface area (Å²) in [5, 5.41) is 3.49. The van der Waals surface area contributed by atoms with Gasteiger partial charge in [-0.25, -0.2) is 0 Å². The van der Waals surface area contributed by atoms with Gasteiger partial charge in [-0.05, 0) is 42.0 Å². The van der Waals surface area contributed by atoms with Crippen molar-refractivity contribution in [1.29, 1.82) is 0 Å². The maximum Gasteiger partial charge on any atom is 0.122 e. The lowest BCUT2D eigenvalue weighted by molar-refractivity contribution is 0.391. The van der Waals surface area contributed by atoms with E-state index in [1.165, 1.54) is 24.0 Å². The molecule has 0 aliphatic carbocycles. The molecular weight excluding hydrogens is 222 g/mol. The second-order valence-corrected chi connectivity index (χ2v) is 6.25. The minimum atomic E-state index is 0.198. The Balaban J connectivity index is 2.35. The first-order chi connectivity index (χ1) is 8.52. The van der Waals surface area contributed by atoms with Gasteiger partial charge < -0.3 is 10.1 Å². The molecule has 100 valence electrons. The molecule has 1 fully saturated rings. The summed E-state index contributed by atoms with van der Waals surface area (Å²) < 4.78 is 5.54. The van der Waals surface area contributed by atoms with E-state index in [1.54, 1.807) is 7.11 Å². The molecule has 18 heavy (non-hydrogen) atoms. The summed E-state index contributed by atoms with van der Waals surface area (Å²) in [6.45, 7) is 9.01. The molecule has 1 aliphatic heterocycles. The Hall–Kier alpha value is -1.02. The lowest BCUT2D eigenvalue weighted by Crippen LogP contribution is -2.28. The van der Waals surface area contributed by atoms with Crippen LogP contribution in [0.2, 0.25) is 0 Å². The standard InChI is InChI=1S/C16H25NO/c1-16(2,3)13-7-8-15(18-4)14(10-13)12-6-5-9-17-11-12/h7-8,10,12,17H,5-6,9,11H2,1-4H3. The summed E-state index contributed by atoms with van der Waals surface area (Å²) >= 11 is 0. The first-order valence-corrected chi connectivity index (χ1v) is 6.91. The minimum absolute atomic E-state index is 0.198. The molecule has 1 aromatic rings. The molecule has 1 unspecified atom stereocenters. The van der Waals surface area contributed by atoms with Crippen LogP contribution in [-0.4, -0.2) is 20.2 Å². The molecule has 1 N–H and O–H groups in total. The molecule has 2 rings (SSSR count). The number of hydrogen-bond donors (Lipinski definition) is 1. The van der Waals surface area contributed by atoms with Crippen LogP contribution in [0.1, 0.15) is 50.7 Å². The molecule has 1 heterocycles. The van der Waals surface area contributed by atoms with E-state index >= 15 is 0 Å². The zero-order valence-corrected chi connectivity index (χ0v) is 12.0. The van der Waals surface area contributed by atoms with Crippen molar-refractivity contribution >= 4 is 0 Å². The van der Waals surface area contributed by atoms with E-state index in [9.17, 15) is 0 Å². The van der Waals surface area contributed by atoms with E-state index in [1.807, 2.05) is 0 Å². The highest BCUT2D eigenvalue weighted by molar-refractivity contribution is 5.42. The Morgan fingerprint density at radius 3 is 2.61 bits per heavy atom. The van der Waals surface area contributed by atoms with Crippen molar-refractivity contribution in [2.24, 2.45) is 0 Å². The summed E-state index contributed by atoms with van der Waals surface area (Å²) in [5.41, 5.74) is 2.96. The van der Waals surface area contributed by atoms with E-state index in [0.29, 0.717) is 5.92 Å². The molecule has 1 aliphatic rings. The molecule has 2 nitrogen and oxygen atoms in total. The van der Waals surface area contributed by atoms with Crippen molar-refractivity contribution in [2.45, 2.75) is 44.9 Å². The van der Waals surface area contributed by atoms with Crippen molar-refractivity contribution in [3.05, 3.63) is 29.3 Å². The van der Waals surface area contributed by atoms with Crippen LogP contribution in [0.3, 0.4) is 0 Å². The minimum Gasteiger partial charge on any atom is -0.496 e. The van der Waals surface area contributed by atoms with Crippen LogP contribution >= 0.6 is 0 Å². The third-order valence-electron chi connectivity index (χ3n) is 3.83. The lowest BCUT2D eigenvalue weighted by Gasteiger charge is -2.27. The zero-order chi connectivity index (χ0) is 13.2. The highest BCUT2D eigenvalue weighted by Gasteiger charge is 2.22. The van der Waals surface area contributed by atoms with Crippen molar-refractivity contribution in [3.8, 4) is 5.75 Å². The highest BCUT2D eigenvalue weighted by atomic mass is 16.5. The third kappa shape index (κ3) is 2.86. The van der Waals surface area contributed by atoms with Gasteiger partial charge in [0.2, 0.25) is 0 Å². The smallest absolute Gasteiger partial charge is 0.122 e. The topological polar surface area (TPSA) is 21.3 Å². The summed E-state index contributed by atoms with van der Waals surface area (Å²) in [6, 6.07) is 6.67. The molecular formula is C16H25NO. The van der Waals surface area contributed by atoms with Crippen LogP contribution in [0, 0.1) is 0 Å². The average Bonchev–Trinajstić information content (AvgIpc) is 2.38. The van der Waals surface area contributed by atoms with E-state index in [4.69, 9.17) is 4.74 Å². The summed E-state index contributed by atoms with van der Waals surface area (Å²) in [4.78, 5) is 0. The Bertz CT molecular complexity index is 400. The van der Waals surface area contributed by atoms with Crippen LogP contribution in [0.4, 0.5) is 0 Å². The van der Waals surface area contributed by atoms with Gasteiger partial charge in [-0.2, -0.15) is 0 Å². The van der Waals surface area contributed by atoms with Crippen LogP contribution < -0.4 is 10.1 Å². The summed E-state index contributed by atoms with van der Waals surface area (Å²) in [7, 11) is 1.77. The van der Waals surface area contributed by atoms with E-state index in [-0.39, 0.29) is 5.41 Å². The van der Waals surface area contributed by atoms with Crippen LogP contribution in [-0.2, 0) is 5.41 Å². The predicted octanol–water partition coefficient (Wildman–Crippen LogP) is 3.46. The van der Waals surface area contributed by atoms with Gasteiger partial charge in [0.25, 0.3) is 0 Å². The molecule has 1 saturated heterocycles. The fourth-order valence-electron chi connectivity index (χ4n) is 2.64.